The van der Waals surface area contributed by atoms with Gasteiger partial charge in [-0.05, 0) is 25.7 Å². The van der Waals surface area contributed by atoms with Crippen LogP contribution in [0, 0.1) is 5.92 Å². The summed E-state index contributed by atoms with van der Waals surface area (Å²) in [5.74, 6) is 0.499. The van der Waals surface area contributed by atoms with E-state index in [1.54, 1.807) is 6.33 Å². The summed E-state index contributed by atoms with van der Waals surface area (Å²) < 4.78 is 0. The maximum absolute atomic E-state index is 12.5. The second-order valence-corrected chi connectivity index (χ2v) is 5.87. The molecule has 1 aromatic heterocycles. The summed E-state index contributed by atoms with van der Waals surface area (Å²) in [6, 6.07) is -0.158. The van der Waals surface area contributed by atoms with E-state index in [2.05, 4.69) is 15.3 Å². The van der Waals surface area contributed by atoms with E-state index in [1.165, 1.54) is 0 Å². The van der Waals surface area contributed by atoms with Gasteiger partial charge in [-0.15, -0.1) is 0 Å². The number of aliphatic hydroxyl groups is 1. The van der Waals surface area contributed by atoms with Crippen molar-refractivity contribution in [2.75, 3.05) is 13.1 Å². The van der Waals surface area contributed by atoms with Gasteiger partial charge in [-0.2, -0.15) is 0 Å². The van der Waals surface area contributed by atoms with Crippen molar-refractivity contribution in [2.24, 2.45) is 5.92 Å². The molecule has 2 aliphatic heterocycles. The Kier molecular flexibility index (Phi) is 3.76. The van der Waals surface area contributed by atoms with Crippen molar-refractivity contribution in [3.63, 3.8) is 0 Å². The minimum absolute atomic E-state index is 0.158. The van der Waals surface area contributed by atoms with Crippen molar-refractivity contribution in [3.8, 4) is 0 Å². The van der Waals surface area contributed by atoms with E-state index < -0.39 is 0 Å². The molecule has 1 aromatic rings. The topological polar surface area (TPSA) is 81.2 Å². The highest BCUT2D eigenvalue weighted by Crippen LogP contribution is 2.22. The van der Waals surface area contributed by atoms with E-state index >= 15 is 0 Å². The zero-order valence-electron chi connectivity index (χ0n) is 11.8. The van der Waals surface area contributed by atoms with Gasteiger partial charge in [-0.1, -0.05) is 0 Å². The van der Waals surface area contributed by atoms with Gasteiger partial charge in [0.05, 0.1) is 29.9 Å². The predicted molar refractivity (Wildman–Crippen MR) is 73.9 cm³/mol. The first-order chi connectivity index (χ1) is 9.65. The summed E-state index contributed by atoms with van der Waals surface area (Å²) in [7, 11) is 0. The van der Waals surface area contributed by atoms with Gasteiger partial charge in [-0.25, -0.2) is 4.98 Å². The van der Waals surface area contributed by atoms with Crippen molar-refractivity contribution < 1.29 is 9.90 Å². The number of carbonyl (C=O) groups excluding carboxylic acids is 1. The van der Waals surface area contributed by atoms with Crippen LogP contribution in [0.4, 0.5) is 0 Å². The third-order valence-electron chi connectivity index (χ3n) is 4.56. The zero-order chi connectivity index (χ0) is 14.1. The van der Waals surface area contributed by atoms with Crippen LogP contribution in [0.1, 0.15) is 31.2 Å². The molecule has 1 saturated heterocycles. The Morgan fingerprint density at radius 3 is 2.95 bits per heavy atom. The largest absolute Gasteiger partial charge is 0.393 e. The van der Waals surface area contributed by atoms with Crippen LogP contribution in [-0.4, -0.2) is 51.1 Å². The summed E-state index contributed by atoms with van der Waals surface area (Å²) in [5.41, 5.74) is 2.09. The van der Waals surface area contributed by atoms with E-state index in [9.17, 15) is 9.90 Å². The summed E-state index contributed by atoms with van der Waals surface area (Å²) >= 11 is 0. The Bertz CT molecular complexity index is 477. The number of amides is 1. The maximum Gasteiger partial charge on any atom is 0.240 e. The van der Waals surface area contributed by atoms with Crippen molar-refractivity contribution in [3.05, 3.63) is 17.7 Å². The number of fused-ring (bicyclic) bond motifs is 1. The molecule has 0 saturated carbocycles. The fourth-order valence-electron chi connectivity index (χ4n) is 3.17. The first-order valence-corrected chi connectivity index (χ1v) is 7.36. The zero-order valence-corrected chi connectivity index (χ0v) is 11.8. The molecular formula is C14H22N4O2. The predicted octanol–water partition coefficient (Wildman–Crippen LogP) is 0.0434. The number of hydrogen-bond acceptors (Lipinski definition) is 4. The molecule has 1 fully saturated rings. The number of rotatable bonds is 2. The fourth-order valence-corrected chi connectivity index (χ4v) is 3.17. The van der Waals surface area contributed by atoms with Crippen LogP contribution in [0.3, 0.4) is 0 Å². The van der Waals surface area contributed by atoms with E-state index in [1.807, 2.05) is 11.8 Å². The van der Waals surface area contributed by atoms with Crippen LogP contribution < -0.4 is 5.32 Å². The second-order valence-electron chi connectivity index (χ2n) is 5.87. The summed E-state index contributed by atoms with van der Waals surface area (Å²) in [5, 5.41) is 12.9. The Balaban J connectivity index is 1.58. The lowest BCUT2D eigenvalue weighted by atomic mass is 9.91. The Morgan fingerprint density at radius 2 is 2.25 bits per heavy atom. The monoisotopic (exact) mass is 278 g/mol. The third kappa shape index (κ3) is 2.58. The Morgan fingerprint density at radius 1 is 1.50 bits per heavy atom. The number of hydrogen-bond donors (Lipinski definition) is 3. The molecule has 2 aliphatic rings. The van der Waals surface area contributed by atoms with Crippen LogP contribution >= 0.6 is 0 Å². The molecule has 1 amide bonds. The molecule has 2 atom stereocenters. The maximum atomic E-state index is 12.5. The highest BCUT2D eigenvalue weighted by molar-refractivity contribution is 5.82. The van der Waals surface area contributed by atoms with Crippen LogP contribution in [-0.2, 0) is 17.8 Å². The van der Waals surface area contributed by atoms with Crippen molar-refractivity contribution in [2.45, 2.75) is 44.9 Å². The van der Waals surface area contributed by atoms with E-state index in [0.29, 0.717) is 18.9 Å². The summed E-state index contributed by atoms with van der Waals surface area (Å²) in [6.07, 6.45) is 3.86. The first kappa shape index (κ1) is 13.6. The van der Waals surface area contributed by atoms with Crippen LogP contribution in [0.2, 0.25) is 0 Å². The van der Waals surface area contributed by atoms with Gasteiger partial charge in [0.2, 0.25) is 5.91 Å². The average molecular weight is 278 g/mol. The first-order valence-electron chi connectivity index (χ1n) is 7.36. The van der Waals surface area contributed by atoms with Crippen LogP contribution in [0.25, 0.3) is 0 Å². The van der Waals surface area contributed by atoms with Crippen molar-refractivity contribution >= 4 is 5.91 Å². The molecule has 2 unspecified atom stereocenters. The Labute approximate surface area is 118 Å². The third-order valence-corrected chi connectivity index (χ3v) is 4.56. The number of aliphatic hydroxyl groups excluding tert-OH is 1. The molecule has 0 aromatic carbocycles. The summed E-state index contributed by atoms with van der Waals surface area (Å²) in [4.78, 5) is 21.8. The molecule has 3 N–H and O–H groups in total. The molecular weight excluding hydrogens is 256 g/mol. The minimum atomic E-state index is -0.272. The quantitative estimate of drug-likeness (QED) is 0.713. The number of likely N-dealkylation sites (tertiary alicyclic amines) is 1. The molecule has 0 aliphatic carbocycles. The molecule has 0 spiro atoms. The lowest BCUT2D eigenvalue weighted by Crippen LogP contribution is -2.52. The average Bonchev–Trinajstić information content (AvgIpc) is 2.94. The highest BCUT2D eigenvalue weighted by atomic mass is 16.3. The van der Waals surface area contributed by atoms with Gasteiger partial charge in [0.15, 0.2) is 0 Å². The van der Waals surface area contributed by atoms with Crippen LogP contribution in [0.5, 0.6) is 0 Å². The van der Waals surface area contributed by atoms with E-state index in [0.717, 1.165) is 37.3 Å². The van der Waals surface area contributed by atoms with Crippen molar-refractivity contribution in [1.82, 2.24) is 20.2 Å². The highest BCUT2D eigenvalue weighted by Gasteiger charge is 2.32. The molecule has 6 nitrogen and oxygen atoms in total. The van der Waals surface area contributed by atoms with Gasteiger partial charge < -0.3 is 15.0 Å². The van der Waals surface area contributed by atoms with Crippen LogP contribution in [0.15, 0.2) is 6.33 Å². The number of H-pyrrole nitrogens is 1. The van der Waals surface area contributed by atoms with E-state index in [-0.39, 0.29) is 18.1 Å². The van der Waals surface area contributed by atoms with E-state index in [4.69, 9.17) is 0 Å². The van der Waals surface area contributed by atoms with Gasteiger partial charge in [-0.3, -0.25) is 10.1 Å². The molecule has 0 radical (unpaired) electrons. The molecule has 0 bridgehead atoms. The number of aromatic nitrogens is 2. The number of imidazole rings is 1. The normalized spacial score (nSPS) is 25.3. The number of aromatic amines is 1. The molecule has 3 heterocycles. The lowest BCUT2D eigenvalue weighted by Gasteiger charge is -2.36. The van der Waals surface area contributed by atoms with Gasteiger partial charge in [0.1, 0.15) is 0 Å². The SMILES string of the molecule is CC(O)C1CCN(C(=O)C2Cc3nc[nH]c3CN2)CC1. The molecule has 20 heavy (non-hydrogen) atoms. The number of nitrogens with zero attached hydrogens (tertiary/aromatic N) is 2. The lowest BCUT2D eigenvalue weighted by molar-refractivity contribution is -0.135. The van der Waals surface area contributed by atoms with Crippen molar-refractivity contribution in [1.29, 1.82) is 0 Å². The minimum Gasteiger partial charge on any atom is -0.393 e. The van der Waals surface area contributed by atoms with Gasteiger partial charge >= 0.3 is 0 Å². The second kappa shape index (κ2) is 5.54. The molecule has 6 heteroatoms. The smallest absolute Gasteiger partial charge is 0.240 e. The fraction of sp³-hybridized carbons (Fsp3) is 0.714. The molecule has 110 valence electrons. The standard InChI is InChI=1S/C14H22N4O2/c1-9(19)10-2-4-18(5-3-10)14(20)12-6-11-13(7-15-12)17-8-16-11/h8-10,12,15,19H,2-7H2,1H3,(H,16,17). The number of piperidine rings is 1. The molecule has 3 rings (SSSR count). The summed E-state index contributed by atoms with van der Waals surface area (Å²) in [6.45, 7) is 4.01. The van der Waals surface area contributed by atoms with Gasteiger partial charge in [0, 0.05) is 26.1 Å². The number of carbonyl (C=O) groups is 1. The number of nitrogens with one attached hydrogen (secondary N) is 2. The Hall–Kier alpha value is -1.40. The van der Waals surface area contributed by atoms with Gasteiger partial charge in [0.25, 0.3) is 0 Å².